The molecule has 0 unspecified atom stereocenters. The normalized spacial score (nSPS) is 27.6. The molecular formula is C18H18O4. The van der Waals surface area contributed by atoms with Crippen molar-refractivity contribution in [2.75, 3.05) is 6.61 Å². The van der Waals surface area contributed by atoms with Gasteiger partial charge >= 0.3 is 5.97 Å². The number of hydrogen-bond acceptors (Lipinski definition) is 4. The monoisotopic (exact) mass is 298 g/mol. The van der Waals surface area contributed by atoms with Crippen LogP contribution >= 0.6 is 0 Å². The molecule has 1 aliphatic rings. The zero-order valence-electron chi connectivity index (χ0n) is 12.1. The molecule has 2 aromatic carbocycles. The van der Waals surface area contributed by atoms with Crippen LogP contribution in [-0.2, 0) is 15.1 Å². The fourth-order valence-corrected chi connectivity index (χ4v) is 3.13. The average molecular weight is 298 g/mol. The van der Waals surface area contributed by atoms with Crippen LogP contribution in [0.15, 0.2) is 60.7 Å². The van der Waals surface area contributed by atoms with Crippen LogP contribution in [-0.4, -0.2) is 22.8 Å². The summed E-state index contributed by atoms with van der Waals surface area (Å²) in [6, 6.07) is 18.2. The quantitative estimate of drug-likeness (QED) is 0.849. The lowest BCUT2D eigenvalue weighted by Gasteiger charge is -2.32. The van der Waals surface area contributed by atoms with Gasteiger partial charge < -0.3 is 14.9 Å². The third-order valence-corrected chi connectivity index (χ3v) is 4.21. The van der Waals surface area contributed by atoms with Crippen molar-refractivity contribution in [3.63, 3.8) is 0 Å². The predicted molar refractivity (Wildman–Crippen MR) is 80.8 cm³/mol. The predicted octanol–water partition coefficient (Wildman–Crippen LogP) is 2.17. The number of aliphatic hydroxyl groups is 2. The molecule has 4 heteroatoms. The van der Waals surface area contributed by atoms with Crippen molar-refractivity contribution >= 4 is 5.97 Å². The fraction of sp³-hybridized carbons (Fsp3) is 0.278. The molecule has 0 aliphatic carbocycles. The summed E-state index contributed by atoms with van der Waals surface area (Å²) in [6.07, 6.45) is -0.617. The molecule has 0 spiro atoms. The van der Waals surface area contributed by atoms with E-state index in [9.17, 15) is 15.0 Å². The summed E-state index contributed by atoms with van der Waals surface area (Å²) in [5.41, 5.74) is -0.126. The van der Waals surface area contributed by atoms with Crippen LogP contribution in [0, 0.1) is 5.92 Å². The van der Waals surface area contributed by atoms with Gasteiger partial charge in [0.2, 0.25) is 0 Å². The van der Waals surface area contributed by atoms with Crippen LogP contribution in [0.2, 0.25) is 0 Å². The molecule has 3 atom stereocenters. The van der Waals surface area contributed by atoms with Crippen LogP contribution in [0.3, 0.4) is 0 Å². The smallest absolute Gasteiger partial charge is 0.313 e. The minimum atomic E-state index is -1.48. The highest BCUT2D eigenvalue weighted by Gasteiger charge is 2.57. The van der Waals surface area contributed by atoms with E-state index in [0.29, 0.717) is 5.56 Å². The summed E-state index contributed by atoms with van der Waals surface area (Å²) in [7, 11) is 0. The largest absolute Gasteiger partial charge is 0.454 e. The minimum Gasteiger partial charge on any atom is -0.454 e. The first-order valence-electron chi connectivity index (χ1n) is 7.32. The average Bonchev–Trinajstić information content (AvgIpc) is 2.83. The molecule has 1 saturated heterocycles. The standard InChI is InChI=1S/C18H18O4/c19-12-11-15-17(20)22-16(13-7-3-1-4-8-13)18(15,21)14-9-5-2-6-10-14/h1-10,15-16,19,21H,11-12H2/t15-,16-,18-/m1/s1. The summed E-state index contributed by atoms with van der Waals surface area (Å²) in [5, 5.41) is 20.6. The van der Waals surface area contributed by atoms with E-state index in [1.165, 1.54) is 0 Å². The van der Waals surface area contributed by atoms with Gasteiger partial charge in [-0.05, 0) is 17.5 Å². The Morgan fingerprint density at radius 3 is 2.18 bits per heavy atom. The van der Waals surface area contributed by atoms with Gasteiger partial charge in [-0.3, -0.25) is 4.79 Å². The van der Waals surface area contributed by atoms with Gasteiger partial charge in [0.1, 0.15) is 5.60 Å². The number of benzene rings is 2. The lowest BCUT2D eigenvalue weighted by atomic mass is 9.76. The summed E-state index contributed by atoms with van der Waals surface area (Å²) < 4.78 is 5.48. The van der Waals surface area contributed by atoms with Crippen LogP contribution in [0.4, 0.5) is 0 Å². The number of esters is 1. The van der Waals surface area contributed by atoms with Gasteiger partial charge in [-0.25, -0.2) is 0 Å². The van der Waals surface area contributed by atoms with Crippen LogP contribution in [0.5, 0.6) is 0 Å². The van der Waals surface area contributed by atoms with Gasteiger partial charge in [0.05, 0.1) is 5.92 Å². The molecule has 0 amide bonds. The Labute approximate surface area is 129 Å². The molecule has 0 aromatic heterocycles. The van der Waals surface area contributed by atoms with E-state index in [-0.39, 0.29) is 13.0 Å². The molecule has 1 heterocycles. The van der Waals surface area contributed by atoms with E-state index < -0.39 is 23.6 Å². The van der Waals surface area contributed by atoms with Crippen LogP contribution in [0.25, 0.3) is 0 Å². The highest BCUT2D eigenvalue weighted by atomic mass is 16.6. The van der Waals surface area contributed by atoms with Gasteiger partial charge in [0.15, 0.2) is 6.10 Å². The maximum absolute atomic E-state index is 12.2. The first kappa shape index (κ1) is 14.8. The molecule has 0 bridgehead atoms. The number of cyclic esters (lactones) is 1. The first-order chi connectivity index (χ1) is 10.7. The Balaban J connectivity index is 2.11. The van der Waals surface area contributed by atoms with Gasteiger partial charge in [-0.15, -0.1) is 0 Å². The number of carbonyl (C=O) groups is 1. The minimum absolute atomic E-state index is 0.160. The number of rotatable bonds is 4. The Kier molecular flexibility index (Phi) is 3.96. The van der Waals surface area contributed by atoms with E-state index in [2.05, 4.69) is 0 Å². The maximum atomic E-state index is 12.2. The highest BCUT2D eigenvalue weighted by Crippen LogP contribution is 2.50. The first-order valence-corrected chi connectivity index (χ1v) is 7.32. The molecule has 1 aliphatic heterocycles. The van der Waals surface area contributed by atoms with E-state index in [1.807, 2.05) is 48.5 Å². The van der Waals surface area contributed by atoms with Crippen molar-refractivity contribution in [1.82, 2.24) is 0 Å². The summed E-state index contributed by atoms with van der Waals surface area (Å²) >= 11 is 0. The molecule has 4 nitrogen and oxygen atoms in total. The second-order valence-electron chi connectivity index (χ2n) is 5.48. The molecule has 114 valence electrons. The number of hydrogen-bond donors (Lipinski definition) is 2. The Bertz CT molecular complexity index is 641. The summed E-state index contributed by atoms with van der Waals surface area (Å²) in [4.78, 5) is 12.2. The van der Waals surface area contributed by atoms with E-state index in [1.54, 1.807) is 12.1 Å². The van der Waals surface area contributed by atoms with Gasteiger partial charge in [0, 0.05) is 6.61 Å². The molecule has 3 rings (SSSR count). The molecule has 2 aromatic rings. The molecule has 0 saturated carbocycles. The second-order valence-corrected chi connectivity index (χ2v) is 5.48. The Morgan fingerprint density at radius 1 is 1.00 bits per heavy atom. The van der Waals surface area contributed by atoms with Crippen molar-refractivity contribution < 1.29 is 19.7 Å². The third-order valence-electron chi connectivity index (χ3n) is 4.21. The van der Waals surface area contributed by atoms with Crippen LogP contribution in [0.1, 0.15) is 23.7 Å². The van der Waals surface area contributed by atoms with E-state index in [0.717, 1.165) is 5.56 Å². The zero-order chi connectivity index (χ0) is 15.6. The molecule has 0 radical (unpaired) electrons. The van der Waals surface area contributed by atoms with Gasteiger partial charge in [-0.1, -0.05) is 60.7 Å². The van der Waals surface area contributed by atoms with Crippen molar-refractivity contribution in [3.8, 4) is 0 Å². The number of aliphatic hydroxyl groups excluding tert-OH is 1. The van der Waals surface area contributed by atoms with Crippen LogP contribution < -0.4 is 0 Å². The van der Waals surface area contributed by atoms with Crippen molar-refractivity contribution in [1.29, 1.82) is 0 Å². The summed E-state index contributed by atoms with van der Waals surface area (Å²) in [5.74, 6) is -1.26. The number of ether oxygens (including phenoxy) is 1. The number of carbonyl (C=O) groups excluding carboxylic acids is 1. The summed E-state index contributed by atoms with van der Waals surface area (Å²) in [6.45, 7) is -0.184. The fourth-order valence-electron chi connectivity index (χ4n) is 3.13. The van der Waals surface area contributed by atoms with E-state index in [4.69, 9.17) is 4.74 Å². The highest BCUT2D eigenvalue weighted by molar-refractivity contribution is 5.78. The molecule has 2 N–H and O–H groups in total. The van der Waals surface area contributed by atoms with Crippen molar-refractivity contribution in [3.05, 3.63) is 71.8 Å². The topological polar surface area (TPSA) is 66.8 Å². The van der Waals surface area contributed by atoms with Gasteiger partial charge in [-0.2, -0.15) is 0 Å². The van der Waals surface area contributed by atoms with Crippen molar-refractivity contribution in [2.45, 2.75) is 18.1 Å². The Hall–Kier alpha value is -2.17. The maximum Gasteiger partial charge on any atom is 0.313 e. The third kappa shape index (κ3) is 2.30. The lowest BCUT2D eigenvalue weighted by Crippen LogP contribution is -2.37. The molecule has 1 fully saturated rings. The Morgan fingerprint density at radius 2 is 1.59 bits per heavy atom. The molecular weight excluding hydrogens is 280 g/mol. The van der Waals surface area contributed by atoms with E-state index >= 15 is 0 Å². The van der Waals surface area contributed by atoms with Gasteiger partial charge in [0.25, 0.3) is 0 Å². The SMILES string of the molecule is O=C1O[C@H](c2ccccc2)[C@@](O)(c2ccccc2)[C@@H]1CCO. The van der Waals surface area contributed by atoms with Crippen molar-refractivity contribution in [2.24, 2.45) is 5.92 Å². The second kappa shape index (κ2) is 5.91. The lowest BCUT2D eigenvalue weighted by molar-refractivity contribution is -0.145. The zero-order valence-corrected chi connectivity index (χ0v) is 12.1. The molecule has 22 heavy (non-hydrogen) atoms.